The Morgan fingerprint density at radius 1 is 1.00 bits per heavy atom. The van der Waals surface area contributed by atoms with Crippen LogP contribution in [-0.2, 0) is 11.3 Å². The first-order chi connectivity index (χ1) is 11.8. The number of amides is 1. The SMILES string of the molecule is C=C(CN(Cc1ccccc1)C(=O)OC(C)(C)C)Oc1ccccc1. The van der Waals surface area contributed by atoms with Gasteiger partial charge in [-0.3, -0.25) is 4.90 Å². The average molecular weight is 339 g/mol. The molecule has 0 spiro atoms. The van der Waals surface area contributed by atoms with Crippen LogP contribution in [0.1, 0.15) is 26.3 Å². The van der Waals surface area contributed by atoms with E-state index in [0.717, 1.165) is 5.56 Å². The van der Waals surface area contributed by atoms with Gasteiger partial charge in [0.15, 0.2) is 0 Å². The van der Waals surface area contributed by atoms with Crippen molar-refractivity contribution in [3.05, 3.63) is 78.6 Å². The normalized spacial score (nSPS) is 10.8. The molecule has 0 aliphatic heterocycles. The smallest absolute Gasteiger partial charge is 0.410 e. The molecule has 4 nitrogen and oxygen atoms in total. The molecule has 0 fully saturated rings. The minimum Gasteiger partial charge on any atom is -0.460 e. The van der Waals surface area contributed by atoms with Crippen molar-refractivity contribution in [2.75, 3.05) is 6.54 Å². The van der Waals surface area contributed by atoms with E-state index in [4.69, 9.17) is 9.47 Å². The lowest BCUT2D eigenvalue weighted by Crippen LogP contribution is -2.38. The molecule has 1 amide bonds. The second-order valence-corrected chi connectivity index (χ2v) is 6.78. The minimum atomic E-state index is -0.562. The van der Waals surface area contributed by atoms with Gasteiger partial charge >= 0.3 is 6.09 Å². The van der Waals surface area contributed by atoms with Crippen molar-refractivity contribution in [3.63, 3.8) is 0 Å². The maximum absolute atomic E-state index is 12.6. The summed E-state index contributed by atoms with van der Waals surface area (Å²) in [7, 11) is 0. The number of para-hydroxylation sites is 1. The van der Waals surface area contributed by atoms with Crippen molar-refractivity contribution in [2.45, 2.75) is 32.9 Å². The molecule has 4 heteroatoms. The van der Waals surface area contributed by atoms with Gasteiger partial charge < -0.3 is 9.47 Å². The van der Waals surface area contributed by atoms with Crippen molar-refractivity contribution in [1.29, 1.82) is 0 Å². The molecule has 0 bridgehead atoms. The Labute approximate surface area is 149 Å². The fraction of sp³-hybridized carbons (Fsp3) is 0.286. The zero-order chi connectivity index (χ0) is 18.3. The zero-order valence-corrected chi connectivity index (χ0v) is 15.1. The number of carbonyl (C=O) groups excluding carboxylic acids is 1. The number of benzene rings is 2. The quantitative estimate of drug-likeness (QED) is 0.694. The third-order valence-corrected chi connectivity index (χ3v) is 3.24. The van der Waals surface area contributed by atoms with Crippen LogP contribution >= 0.6 is 0 Å². The van der Waals surface area contributed by atoms with E-state index < -0.39 is 11.7 Å². The fourth-order valence-corrected chi connectivity index (χ4v) is 2.22. The summed E-state index contributed by atoms with van der Waals surface area (Å²) in [6, 6.07) is 19.2. The van der Waals surface area contributed by atoms with Gasteiger partial charge in [0.05, 0.1) is 6.54 Å². The van der Waals surface area contributed by atoms with Crippen LogP contribution in [0.15, 0.2) is 73.0 Å². The van der Waals surface area contributed by atoms with Crippen LogP contribution in [0.4, 0.5) is 4.79 Å². The van der Waals surface area contributed by atoms with Crippen molar-refractivity contribution in [1.82, 2.24) is 4.90 Å². The third kappa shape index (κ3) is 6.71. The van der Waals surface area contributed by atoms with Crippen LogP contribution in [0, 0.1) is 0 Å². The van der Waals surface area contributed by atoms with Gasteiger partial charge in [0.2, 0.25) is 0 Å². The van der Waals surface area contributed by atoms with Gasteiger partial charge in [-0.25, -0.2) is 4.79 Å². The van der Waals surface area contributed by atoms with Gasteiger partial charge in [-0.2, -0.15) is 0 Å². The molecular weight excluding hydrogens is 314 g/mol. The highest BCUT2D eigenvalue weighted by atomic mass is 16.6. The summed E-state index contributed by atoms with van der Waals surface area (Å²) in [5.74, 6) is 1.17. The molecule has 0 saturated heterocycles. The van der Waals surface area contributed by atoms with E-state index in [1.807, 2.05) is 81.4 Å². The monoisotopic (exact) mass is 339 g/mol. The van der Waals surface area contributed by atoms with Crippen molar-refractivity contribution >= 4 is 6.09 Å². The molecular formula is C21H25NO3. The lowest BCUT2D eigenvalue weighted by Gasteiger charge is -2.28. The Balaban J connectivity index is 2.07. The lowest BCUT2D eigenvalue weighted by atomic mass is 10.2. The number of carbonyl (C=O) groups is 1. The molecule has 0 heterocycles. The van der Waals surface area contributed by atoms with E-state index in [0.29, 0.717) is 18.1 Å². The van der Waals surface area contributed by atoms with E-state index in [1.165, 1.54) is 0 Å². The average Bonchev–Trinajstić information content (AvgIpc) is 2.54. The van der Waals surface area contributed by atoms with E-state index in [-0.39, 0.29) is 6.54 Å². The van der Waals surface area contributed by atoms with Gasteiger partial charge in [0, 0.05) is 6.54 Å². The van der Waals surface area contributed by atoms with E-state index >= 15 is 0 Å². The summed E-state index contributed by atoms with van der Waals surface area (Å²) < 4.78 is 11.2. The zero-order valence-electron chi connectivity index (χ0n) is 15.1. The minimum absolute atomic E-state index is 0.249. The molecule has 0 aromatic heterocycles. The van der Waals surface area contributed by atoms with Crippen LogP contribution in [0.25, 0.3) is 0 Å². The van der Waals surface area contributed by atoms with Crippen LogP contribution in [0.3, 0.4) is 0 Å². The van der Waals surface area contributed by atoms with Gasteiger partial charge in [-0.05, 0) is 38.5 Å². The maximum atomic E-state index is 12.6. The van der Waals surface area contributed by atoms with Crippen LogP contribution in [0.2, 0.25) is 0 Å². The molecule has 0 aliphatic rings. The molecule has 2 aromatic rings. The van der Waals surface area contributed by atoms with E-state index in [9.17, 15) is 4.79 Å². The number of ether oxygens (including phenoxy) is 2. The number of hydrogen-bond acceptors (Lipinski definition) is 3. The summed E-state index contributed by atoms with van der Waals surface area (Å²) in [6.45, 7) is 10.2. The van der Waals surface area contributed by atoms with Crippen LogP contribution in [0.5, 0.6) is 5.75 Å². The highest BCUT2D eigenvalue weighted by molar-refractivity contribution is 5.68. The molecule has 0 aliphatic carbocycles. The maximum Gasteiger partial charge on any atom is 0.410 e. The number of rotatable bonds is 6. The van der Waals surface area contributed by atoms with Crippen molar-refractivity contribution in [3.8, 4) is 5.75 Å². The van der Waals surface area contributed by atoms with E-state index in [2.05, 4.69) is 6.58 Å². The first kappa shape index (κ1) is 18.6. The molecule has 132 valence electrons. The Bertz CT molecular complexity index is 690. The highest BCUT2D eigenvalue weighted by Gasteiger charge is 2.23. The molecule has 0 unspecified atom stereocenters. The fourth-order valence-electron chi connectivity index (χ4n) is 2.22. The van der Waals surface area contributed by atoms with Gasteiger partial charge in [-0.1, -0.05) is 55.1 Å². The lowest BCUT2D eigenvalue weighted by molar-refractivity contribution is 0.0236. The Morgan fingerprint density at radius 3 is 2.12 bits per heavy atom. The van der Waals surface area contributed by atoms with E-state index in [1.54, 1.807) is 4.90 Å². The topological polar surface area (TPSA) is 38.8 Å². The first-order valence-corrected chi connectivity index (χ1v) is 8.26. The predicted molar refractivity (Wildman–Crippen MR) is 99.3 cm³/mol. The summed E-state index contributed by atoms with van der Waals surface area (Å²) in [5.41, 5.74) is 0.453. The van der Waals surface area contributed by atoms with Gasteiger partial charge in [0.1, 0.15) is 17.1 Å². The molecule has 0 N–H and O–H groups in total. The molecule has 25 heavy (non-hydrogen) atoms. The van der Waals surface area contributed by atoms with Crippen LogP contribution in [-0.4, -0.2) is 23.1 Å². The Kier molecular flexibility index (Phi) is 6.23. The molecule has 2 rings (SSSR count). The standard InChI is InChI=1S/C21H25NO3/c1-17(24-19-13-9-6-10-14-19)15-22(20(23)25-21(2,3)4)16-18-11-7-5-8-12-18/h5-14H,1,15-16H2,2-4H3. The molecule has 0 atom stereocenters. The third-order valence-electron chi connectivity index (χ3n) is 3.24. The summed E-state index contributed by atoms with van der Waals surface area (Å²) in [6.07, 6.45) is -0.394. The van der Waals surface area contributed by atoms with Gasteiger partial charge in [-0.15, -0.1) is 0 Å². The largest absolute Gasteiger partial charge is 0.460 e. The van der Waals surface area contributed by atoms with Gasteiger partial charge in [0.25, 0.3) is 0 Å². The second kappa shape index (κ2) is 8.38. The summed E-state index contributed by atoms with van der Waals surface area (Å²) in [5, 5.41) is 0. The number of hydrogen-bond donors (Lipinski definition) is 0. The number of nitrogens with zero attached hydrogens (tertiary/aromatic N) is 1. The molecule has 0 saturated carbocycles. The second-order valence-electron chi connectivity index (χ2n) is 6.78. The highest BCUT2D eigenvalue weighted by Crippen LogP contribution is 2.16. The Hall–Kier alpha value is -2.75. The first-order valence-electron chi connectivity index (χ1n) is 8.26. The summed E-state index contributed by atoms with van der Waals surface area (Å²) in [4.78, 5) is 14.1. The Morgan fingerprint density at radius 2 is 1.56 bits per heavy atom. The predicted octanol–water partition coefficient (Wildman–Crippen LogP) is 5.02. The van der Waals surface area contributed by atoms with Crippen molar-refractivity contribution < 1.29 is 14.3 Å². The molecule has 2 aromatic carbocycles. The van der Waals surface area contributed by atoms with Crippen molar-refractivity contribution in [2.24, 2.45) is 0 Å². The van der Waals surface area contributed by atoms with Crippen LogP contribution < -0.4 is 4.74 Å². The summed E-state index contributed by atoms with van der Waals surface area (Å²) >= 11 is 0. The molecule has 0 radical (unpaired) electrons.